The second kappa shape index (κ2) is 8.21. The van der Waals surface area contributed by atoms with Crippen LogP contribution in [0.1, 0.15) is 33.6 Å². The lowest BCUT2D eigenvalue weighted by atomic mass is 10.1. The number of aliphatic hydroxyl groups excluding tert-OH is 1. The van der Waals surface area contributed by atoms with Crippen LogP contribution in [0.4, 0.5) is 0 Å². The zero-order valence-corrected chi connectivity index (χ0v) is 12.8. The van der Waals surface area contributed by atoms with Gasteiger partial charge >= 0.3 is 0 Å². The molecule has 0 radical (unpaired) electrons. The van der Waals surface area contributed by atoms with Crippen molar-refractivity contribution in [3.05, 3.63) is 0 Å². The van der Waals surface area contributed by atoms with Crippen molar-refractivity contribution >= 4 is 11.8 Å². The summed E-state index contributed by atoms with van der Waals surface area (Å²) in [6, 6.07) is -0.161. The van der Waals surface area contributed by atoms with Crippen molar-refractivity contribution in [3.63, 3.8) is 0 Å². The molecule has 116 valence electrons. The van der Waals surface area contributed by atoms with Crippen LogP contribution in [0, 0.1) is 0 Å². The minimum Gasteiger partial charge on any atom is -0.395 e. The lowest BCUT2D eigenvalue weighted by Gasteiger charge is -2.38. The monoisotopic (exact) mass is 285 g/mol. The van der Waals surface area contributed by atoms with E-state index in [4.69, 9.17) is 5.11 Å². The van der Waals surface area contributed by atoms with Gasteiger partial charge in [0, 0.05) is 32.2 Å². The van der Waals surface area contributed by atoms with Crippen LogP contribution >= 0.6 is 0 Å². The van der Waals surface area contributed by atoms with Gasteiger partial charge in [-0.15, -0.1) is 0 Å². The molecule has 2 N–H and O–H groups in total. The Bertz CT molecular complexity index is 328. The Morgan fingerprint density at radius 3 is 2.75 bits per heavy atom. The van der Waals surface area contributed by atoms with Crippen LogP contribution in [0.15, 0.2) is 0 Å². The van der Waals surface area contributed by atoms with E-state index in [9.17, 15) is 9.59 Å². The molecule has 2 amide bonds. The molecule has 1 atom stereocenters. The number of amides is 2. The van der Waals surface area contributed by atoms with Gasteiger partial charge in [0.05, 0.1) is 19.1 Å². The summed E-state index contributed by atoms with van der Waals surface area (Å²) >= 11 is 0. The van der Waals surface area contributed by atoms with Crippen molar-refractivity contribution in [1.29, 1.82) is 0 Å². The maximum atomic E-state index is 12.3. The zero-order valence-electron chi connectivity index (χ0n) is 12.8. The summed E-state index contributed by atoms with van der Waals surface area (Å²) < 4.78 is 0. The van der Waals surface area contributed by atoms with Gasteiger partial charge in [0.15, 0.2) is 0 Å². The van der Waals surface area contributed by atoms with E-state index in [1.807, 2.05) is 20.8 Å². The number of hydrogen-bond acceptors (Lipinski definition) is 4. The molecule has 0 aromatic carbocycles. The SMILES string of the molecule is CCCN(CCO)C(=O)C[C@@H]1C(=O)NCCN1C(C)C. The largest absolute Gasteiger partial charge is 0.395 e. The first-order valence-corrected chi connectivity index (χ1v) is 7.43. The molecule has 0 aromatic rings. The summed E-state index contributed by atoms with van der Waals surface area (Å²) in [4.78, 5) is 28.0. The zero-order chi connectivity index (χ0) is 15.1. The molecular formula is C14H27N3O3. The van der Waals surface area contributed by atoms with Crippen molar-refractivity contribution in [2.24, 2.45) is 0 Å². The predicted octanol–water partition coefficient (Wildman–Crippen LogP) is -0.184. The fourth-order valence-electron chi connectivity index (χ4n) is 2.61. The summed E-state index contributed by atoms with van der Waals surface area (Å²) in [5.41, 5.74) is 0. The van der Waals surface area contributed by atoms with E-state index in [1.165, 1.54) is 0 Å². The number of hydrogen-bond donors (Lipinski definition) is 2. The number of carbonyl (C=O) groups excluding carboxylic acids is 2. The predicted molar refractivity (Wildman–Crippen MR) is 77.2 cm³/mol. The van der Waals surface area contributed by atoms with Crippen molar-refractivity contribution in [2.45, 2.75) is 45.7 Å². The molecule has 1 saturated heterocycles. The highest BCUT2D eigenvalue weighted by Crippen LogP contribution is 2.14. The van der Waals surface area contributed by atoms with Crippen LogP contribution in [-0.2, 0) is 9.59 Å². The van der Waals surface area contributed by atoms with Crippen LogP contribution in [0.2, 0.25) is 0 Å². The smallest absolute Gasteiger partial charge is 0.237 e. The molecule has 0 aliphatic carbocycles. The highest BCUT2D eigenvalue weighted by Gasteiger charge is 2.33. The molecule has 1 fully saturated rings. The van der Waals surface area contributed by atoms with Crippen LogP contribution in [0.5, 0.6) is 0 Å². The van der Waals surface area contributed by atoms with E-state index in [0.29, 0.717) is 19.6 Å². The Balaban J connectivity index is 2.70. The van der Waals surface area contributed by atoms with Gasteiger partial charge in [-0.1, -0.05) is 6.92 Å². The van der Waals surface area contributed by atoms with Gasteiger partial charge in [-0.2, -0.15) is 0 Å². The Kier molecular flexibility index (Phi) is 6.95. The first kappa shape index (κ1) is 16.9. The van der Waals surface area contributed by atoms with Gasteiger partial charge < -0.3 is 15.3 Å². The van der Waals surface area contributed by atoms with Crippen LogP contribution in [-0.4, -0.2) is 71.6 Å². The minimum absolute atomic E-state index is 0.0451. The highest BCUT2D eigenvalue weighted by molar-refractivity contribution is 5.88. The molecule has 0 bridgehead atoms. The average Bonchev–Trinajstić information content (AvgIpc) is 2.40. The van der Waals surface area contributed by atoms with Gasteiger partial charge in [-0.05, 0) is 20.3 Å². The number of aliphatic hydroxyl groups is 1. The Morgan fingerprint density at radius 2 is 2.20 bits per heavy atom. The molecule has 1 heterocycles. The Hall–Kier alpha value is -1.14. The molecule has 6 nitrogen and oxygen atoms in total. The van der Waals surface area contributed by atoms with Gasteiger partial charge in [0.2, 0.25) is 11.8 Å². The normalized spacial score (nSPS) is 20.1. The maximum Gasteiger partial charge on any atom is 0.237 e. The summed E-state index contributed by atoms with van der Waals surface area (Å²) in [6.07, 6.45) is 1.03. The maximum absolute atomic E-state index is 12.3. The minimum atomic E-state index is -0.394. The fraction of sp³-hybridized carbons (Fsp3) is 0.857. The van der Waals surface area contributed by atoms with Crippen molar-refractivity contribution in [2.75, 3.05) is 32.8 Å². The molecule has 1 aliphatic rings. The first-order valence-electron chi connectivity index (χ1n) is 7.43. The number of nitrogens with one attached hydrogen (secondary N) is 1. The average molecular weight is 285 g/mol. The van der Waals surface area contributed by atoms with Crippen LogP contribution in [0.3, 0.4) is 0 Å². The third kappa shape index (κ3) is 4.45. The first-order chi connectivity index (χ1) is 9.51. The third-order valence-electron chi connectivity index (χ3n) is 3.62. The van der Waals surface area contributed by atoms with Gasteiger partial charge in [-0.3, -0.25) is 14.5 Å². The van der Waals surface area contributed by atoms with E-state index < -0.39 is 6.04 Å². The summed E-state index contributed by atoms with van der Waals surface area (Å²) in [7, 11) is 0. The molecule has 1 aliphatic heterocycles. The Morgan fingerprint density at radius 1 is 1.50 bits per heavy atom. The molecule has 6 heteroatoms. The standard InChI is InChI=1S/C14H27N3O3/c1-4-6-16(8-9-18)13(19)10-12-14(20)15-5-7-17(12)11(2)3/h11-12,18H,4-10H2,1-3H3,(H,15,20)/t12-/m1/s1. The van der Waals surface area contributed by atoms with Crippen molar-refractivity contribution in [1.82, 2.24) is 15.1 Å². The molecule has 20 heavy (non-hydrogen) atoms. The van der Waals surface area contributed by atoms with E-state index in [0.717, 1.165) is 13.0 Å². The Labute approximate surface area is 121 Å². The highest BCUT2D eigenvalue weighted by atomic mass is 16.3. The molecular weight excluding hydrogens is 258 g/mol. The second-order valence-electron chi connectivity index (χ2n) is 5.45. The summed E-state index contributed by atoms with van der Waals surface area (Å²) in [5.74, 6) is -0.132. The fourth-order valence-corrected chi connectivity index (χ4v) is 2.61. The quantitative estimate of drug-likeness (QED) is 0.680. The number of rotatable bonds is 7. The van der Waals surface area contributed by atoms with E-state index in [1.54, 1.807) is 4.90 Å². The molecule has 0 saturated carbocycles. The van der Waals surface area contributed by atoms with Gasteiger partial charge in [0.25, 0.3) is 0 Å². The molecule has 1 rings (SSSR count). The van der Waals surface area contributed by atoms with E-state index in [2.05, 4.69) is 10.2 Å². The lowest BCUT2D eigenvalue weighted by molar-refractivity contribution is -0.139. The van der Waals surface area contributed by atoms with Gasteiger partial charge in [-0.25, -0.2) is 0 Å². The van der Waals surface area contributed by atoms with Crippen molar-refractivity contribution in [3.8, 4) is 0 Å². The molecule has 0 unspecified atom stereocenters. The van der Waals surface area contributed by atoms with Gasteiger partial charge in [0.1, 0.15) is 0 Å². The second-order valence-corrected chi connectivity index (χ2v) is 5.45. The third-order valence-corrected chi connectivity index (χ3v) is 3.62. The lowest BCUT2D eigenvalue weighted by Crippen LogP contribution is -2.58. The molecule has 0 aromatic heterocycles. The summed E-state index contributed by atoms with van der Waals surface area (Å²) in [5, 5.41) is 11.9. The van der Waals surface area contributed by atoms with Crippen LogP contribution < -0.4 is 5.32 Å². The number of piperazine rings is 1. The summed E-state index contributed by atoms with van der Waals surface area (Å²) in [6.45, 7) is 8.38. The topological polar surface area (TPSA) is 72.9 Å². The number of carbonyl (C=O) groups is 2. The van der Waals surface area contributed by atoms with E-state index in [-0.39, 0.29) is 30.9 Å². The van der Waals surface area contributed by atoms with Crippen molar-refractivity contribution < 1.29 is 14.7 Å². The molecule has 0 spiro atoms. The van der Waals surface area contributed by atoms with E-state index >= 15 is 0 Å². The van der Waals surface area contributed by atoms with Crippen LogP contribution in [0.25, 0.3) is 0 Å². The number of nitrogens with zero attached hydrogens (tertiary/aromatic N) is 2.